The van der Waals surface area contributed by atoms with Crippen LogP contribution in [0.25, 0.3) is 10.9 Å². The molecule has 4 aromatic rings. The van der Waals surface area contributed by atoms with Crippen molar-refractivity contribution in [2.45, 2.75) is 13.0 Å². The van der Waals surface area contributed by atoms with Gasteiger partial charge in [0, 0.05) is 11.1 Å². The standard InChI is InChI=1S/C24H18N2O4/c1-15(22-25-20-10-6-5-9-19(20)23(28)26-22)30-24(29)18-13-11-17(12-14-18)21(27)16-7-3-2-4-8-16/h2-15H,1H3,(H,25,26,28)/t15-/m0/s1. The van der Waals surface area contributed by atoms with Gasteiger partial charge < -0.3 is 9.72 Å². The number of H-pyrrole nitrogens is 1. The molecule has 0 saturated carbocycles. The van der Waals surface area contributed by atoms with Crippen LogP contribution in [0.2, 0.25) is 0 Å². The van der Waals surface area contributed by atoms with Crippen molar-refractivity contribution in [2.24, 2.45) is 0 Å². The van der Waals surface area contributed by atoms with Gasteiger partial charge in [0.05, 0.1) is 16.5 Å². The summed E-state index contributed by atoms with van der Waals surface area (Å²) in [5.41, 5.74) is 1.60. The topological polar surface area (TPSA) is 89.1 Å². The Balaban J connectivity index is 1.50. The predicted octanol–water partition coefficient (Wildman–Crippen LogP) is 4.07. The van der Waals surface area contributed by atoms with E-state index in [2.05, 4.69) is 9.97 Å². The summed E-state index contributed by atoms with van der Waals surface area (Å²) in [4.78, 5) is 44.2. The van der Waals surface area contributed by atoms with E-state index in [0.717, 1.165) is 0 Å². The van der Waals surface area contributed by atoms with Crippen molar-refractivity contribution >= 4 is 22.7 Å². The Kier molecular flexibility index (Phi) is 5.22. The first-order valence-corrected chi connectivity index (χ1v) is 9.42. The summed E-state index contributed by atoms with van der Waals surface area (Å²) in [5.74, 6) is -0.429. The minimum absolute atomic E-state index is 0.123. The number of hydrogen-bond acceptors (Lipinski definition) is 5. The van der Waals surface area contributed by atoms with Crippen molar-refractivity contribution in [3.05, 3.63) is 112 Å². The highest BCUT2D eigenvalue weighted by atomic mass is 16.5. The number of ketones is 1. The third kappa shape index (κ3) is 3.89. The molecule has 0 amide bonds. The first-order valence-electron chi connectivity index (χ1n) is 9.42. The summed E-state index contributed by atoms with van der Waals surface area (Å²) in [7, 11) is 0. The van der Waals surface area contributed by atoms with Crippen molar-refractivity contribution in [1.29, 1.82) is 0 Å². The van der Waals surface area contributed by atoms with Crippen molar-refractivity contribution in [2.75, 3.05) is 0 Å². The van der Waals surface area contributed by atoms with Gasteiger partial charge in [0.25, 0.3) is 5.56 Å². The van der Waals surface area contributed by atoms with Gasteiger partial charge in [-0.2, -0.15) is 0 Å². The number of hydrogen-bond donors (Lipinski definition) is 1. The van der Waals surface area contributed by atoms with Gasteiger partial charge in [-0.05, 0) is 31.2 Å². The zero-order valence-electron chi connectivity index (χ0n) is 16.2. The third-order valence-corrected chi connectivity index (χ3v) is 4.72. The highest BCUT2D eigenvalue weighted by Gasteiger charge is 2.17. The highest BCUT2D eigenvalue weighted by Crippen LogP contribution is 2.17. The third-order valence-electron chi connectivity index (χ3n) is 4.72. The number of fused-ring (bicyclic) bond motifs is 1. The molecule has 1 aromatic heterocycles. The molecule has 6 heteroatoms. The van der Waals surface area contributed by atoms with E-state index in [4.69, 9.17) is 4.74 Å². The van der Waals surface area contributed by atoms with E-state index in [9.17, 15) is 14.4 Å². The number of esters is 1. The average molecular weight is 398 g/mol. The van der Waals surface area contributed by atoms with E-state index in [1.54, 1.807) is 79.7 Å². The average Bonchev–Trinajstić information content (AvgIpc) is 2.79. The molecule has 0 aliphatic carbocycles. The predicted molar refractivity (Wildman–Crippen MR) is 113 cm³/mol. The van der Waals surface area contributed by atoms with Gasteiger partial charge in [0.15, 0.2) is 17.7 Å². The maximum atomic E-state index is 12.5. The van der Waals surface area contributed by atoms with Gasteiger partial charge in [0.1, 0.15) is 0 Å². The molecule has 0 aliphatic heterocycles. The van der Waals surface area contributed by atoms with Crippen LogP contribution in [0.15, 0.2) is 83.7 Å². The second-order valence-corrected chi connectivity index (χ2v) is 6.79. The van der Waals surface area contributed by atoms with Gasteiger partial charge in [-0.25, -0.2) is 9.78 Å². The Labute approximate surface area is 172 Å². The van der Waals surface area contributed by atoms with Crippen LogP contribution in [0, 0.1) is 0 Å². The van der Waals surface area contributed by atoms with E-state index in [-0.39, 0.29) is 17.2 Å². The molecule has 30 heavy (non-hydrogen) atoms. The zero-order chi connectivity index (χ0) is 21.1. The van der Waals surface area contributed by atoms with Gasteiger partial charge in [-0.15, -0.1) is 0 Å². The van der Waals surface area contributed by atoms with Gasteiger partial charge in [-0.1, -0.05) is 54.6 Å². The van der Waals surface area contributed by atoms with Crippen LogP contribution in [0.3, 0.4) is 0 Å². The summed E-state index contributed by atoms with van der Waals surface area (Å²) in [5, 5.41) is 0.471. The molecule has 0 spiro atoms. The smallest absolute Gasteiger partial charge is 0.338 e. The number of carbonyl (C=O) groups is 2. The summed E-state index contributed by atoms with van der Waals surface area (Å²) < 4.78 is 5.45. The Morgan fingerprint density at radius 3 is 2.17 bits per heavy atom. The molecule has 4 rings (SSSR count). The zero-order valence-corrected chi connectivity index (χ0v) is 16.2. The van der Waals surface area contributed by atoms with Crippen molar-refractivity contribution < 1.29 is 14.3 Å². The normalized spacial score (nSPS) is 11.8. The molecule has 0 saturated heterocycles. The number of rotatable bonds is 5. The Hall–Kier alpha value is -4.06. The van der Waals surface area contributed by atoms with Gasteiger partial charge in [-0.3, -0.25) is 9.59 Å². The van der Waals surface area contributed by atoms with E-state index in [1.165, 1.54) is 0 Å². The molecular weight excluding hydrogens is 380 g/mol. The first kappa shape index (κ1) is 19.3. The fraction of sp³-hybridized carbons (Fsp3) is 0.0833. The number of nitrogens with one attached hydrogen (secondary N) is 1. The molecule has 1 N–H and O–H groups in total. The molecule has 0 fully saturated rings. The second-order valence-electron chi connectivity index (χ2n) is 6.79. The fourth-order valence-corrected chi connectivity index (χ4v) is 3.10. The van der Waals surface area contributed by atoms with E-state index >= 15 is 0 Å². The summed E-state index contributed by atoms with van der Waals surface area (Å²) >= 11 is 0. The Morgan fingerprint density at radius 2 is 1.43 bits per heavy atom. The largest absolute Gasteiger partial charge is 0.451 e. The number of benzene rings is 3. The number of aromatic amines is 1. The van der Waals surface area contributed by atoms with Crippen LogP contribution in [0.4, 0.5) is 0 Å². The Bertz CT molecular complexity index is 1280. The number of nitrogens with zero attached hydrogens (tertiary/aromatic N) is 1. The van der Waals surface area contributed by atoms with Crippen LogP contribution >= 0.6 is 0 Å². The summed E-state index contributed by atoms with van der Waals surface area (Å²) in [6, 6.07) is 22.1. The highest BCUT2D eigenvalue weighted by molar-refractivity contribution is 6.09. The van der Waals surface area contributed by atoms with Crippen molar-refractivity contribution in [3.63, 3.8) is 0 Å². The lowest BCUT2D eigenvalue weighted by Gasteiger charge is -2.13. The molecular formula is C24H18N2O4. The second kappa shape index (κ2) is 8.13. The van der Waals surface area contributed by atoms with Gasteiger partial charge in [0.2, 0.25) is 0 Å². The quantitative estimate of drug-likeness (QED) is 0.404. The molecule has 1 atom stereocenters. The lowest BCUT2D eigenvalue weighted by Crippen LogP contribution is -2.17. The minimum atomic E-state index is -0.750. The molecule has 3 aromatic carbocycles. The maximum Gasteiger partial charge on any atom is 0.338 e. The van der Waals surface area contributed by atoms with Crippen LogP contribution in [0.5, 0.6) is 0 Å². The van der Waals surface area contributed by atoms with Crippen LogP contribution in [-0.2, 0) is 4.74 Å². The lowest BCUT2D eigenvalue weighted by atomic mass is 10.0. The van der Waals surface area contributed by atoms with Crippen LogP contribution in [0.1, 0.15) is 45.1 Å². The monoisotopic (exact) mass is 398 g/mol. The minimum Gasteiger partial charge on any atom is -0.451 e. The number of aromatic nitrogens is 2. The molecule has 0 radical (unpaired) electrons. The molecule has 0 aliphatic rings. The first-order chi connectivity index (χ1) is 14.5. The number of carbonyl (C=O) groups excluding carboxylic acids is 2. The number of para-hydroxylation sites is 1. The van der Waals surface area contributed by atoms with E-state index in [0.29, 0.717) is 27.6 Å². The van der Waals surface area contributed by atoms with E-state index in [1.807, 2.05) is 6.07 Å². The SMILES string of the molecule is C[C@H](OC(=O)c1ccc(C(=O)c2ccccc2)cc1)c1nc2ccccc2c(=O)[nH]1. The molecule has 6 nitrogen and oxygen atoms in total. The van der Waals surface area contributed by atoms with Crippen LogP contribution in [-0.4, -0.2) is 21.7 Å². The summed E-state index contributed by atoms with van der Waals surface area (Å²) in [6.07, 6.45) is -0.750. The maximum absolute atomic E-state index is 12.5. The summed E-state index contributed by atoms with van der Waals surface area (Å²) in [6.45, 7) is 1.64. The molecule has 1 heterocycles. The molecule has 0 bridgehead atoms. The van der Waals surface area contributed by atoms with Crippen molar-refractivity contribution in [1.82, 2.24) is 9.97 Å². The van der Waals surface area contributed by atoms with Crippen molar-refractivity contribution in [3.8, 4) is 0 Å². The molecule has 0 unspecified atom stereocenters. The lowest BCUT2D eigenvalue weighted by molar-refractivity contribution is 0.0320. The van der Waals surface area contributed by atoms with Crippen LogP contribution < -0.4 is 5.56 Å². The Morgan fingerprint density at radius 1 is 0.833 bits per heavy atom. The molecule has 148 valence electrons. The van der Waals surface area contributed by atoms with E-state index < -0.39 is 12.1 Å². The fourth-order valence-electron chi connectivity index (χ4n) is 3.10. The number of ether oxygens (including phenoxy) is 1. The van der Waals surface area contributed by atoms with Gasteiger partial charge >= 0.3 is 5.97 Å².